The van der Waals surface area contributed by atoms with Gasteiger partial charge in [-0.2, -0.15) is 0 Å². The van der Waals surface area contributed by atoms with Crippen LogP contribution in [0.25, 0.3) is 0 Å². The number of carbonyl (C=O) groups excluding carboxylic acids is 2. The van der Waals surface area contributed by atoms with Crippen molar-refractivity contribution in [3.05, 3.63) is 0 Å². The van der Waals surface area contributed by atoms with Crippen LogP contribution in [-0.4, -0.2) is 31.1 Å². The number of rotatable bonds is 7. The van der Waals surface area contributed by atoms with Crippen molar-refractivity contribution in [2.45, 2.75) is 44.6 Å². The Hall–Kier alpha value is -1.10. The molecule has 16 heavy (non-hydrogen) atoms. The lowest BCUT2D eigenvalue weighted by Crippen LogP contribution is -2.37. The molecule has 0 bridgehead atoms. The molecule has 0 spiro atoms. The molecule has 0 aromatic carbocycles. The van der Waals surface area contributed by atoms with Gasteiger partial charge in [0.25, 0.3) is 0 Å². The lowest BCUT2D eigenvalue weighted by molar-refractivity contribution is -0.141. The fourth-order valence-electron chi connectivity index (χ4n) is 1.68. The zero-order valence-corrected chi connectivity index (χ0v) is 9.54. The first-order valence-corrected chi connectivity index (χ1v) is 5.90. The van der Waals surface area contributed by atoms with Gasteiger partial charge in [0.05, 0.1) is 6.61 Å². The van der Waals surface area contributed by atoms with E-state index in [0.29, 0.717) is 26.0 Å². The molecule has 1 aliphatic rings. The molecular formula is C11H20N2O3. The molecule has 92 valence electrons. The molecule has 0 radical (unpaired) electrons. The van der Waals surface area contributed by atoms with Crippen molar-refractivity contribution in [2.75, 3.05) is 13.2 Å². The van der Waals surface area contributed by atoms with E-state index in [0.717, 1.165) is 25.7 Å². The number of nitrogens with two attached hydrogens (primary N) is 1. The summed E-state index contributed by atoms with van der Waals surface area (Å²) >= 11 is 0. The Kier molecular flexibility index (Phi) is 5.85. The largest absolute Gasteiger partial charge is 0.464 e. The Bertz CT molecular complexity index is 243. The molecule has 1 saturated heterocycles. The number of nitrogens with one attached hydrogen (secondary N) is 1. The fourth-order valence-corrected chi connectivity index (χ4v) is 1.68. The van der Waals surface area contributed by atoms with Crippen molar-refractivity contribution in [3.8, 4) is 0 Å². The van der Waals surface area contributed by atoms with Crippen LogP contribution in [0, 0.1) is 0 Å². The summed E-state index contributed by atoms with van der Waals surface area (Å²) in [5, 5.41) is 2.68. The number of hydrogen-bond donors (Lipinski definition) is 2. The standard InChI is InChI=1S/C11H20N2O3/c12-7-4-2-1-3-5-10(14)13-9-6-8-16-11(9)15/h9H,1-8,12H2,(H,13,14)/t9-/m0/s1. The number of esters is 1. The summed E-state index contributed by atoms with van der Waals surface area (Å²) in [6.45, 7) is 1.13. The molecule has 0 saturated carbocycles. The number of unbranched alkanes of at least 4 members (excludes halogenated alkanes) is 3. The summed E-state index contributed by atoms with van der Waals surface area (Å²) in [7, 11) is 0. The molecule has 0 unspecified atom stereocenters. The number of carbonyl (C=O) groups is 2. The summed E-state index contributed by atoms with van der Waals surface area (Å²) in [6, 6.07) is -0.420. The minimum atomic E-state index is -0.420. The topological polar surface area (TPSA) is 81.4 Å². The van der Waals surface area contributed by atoms with E-state index in [2.05, 4.69) is 5.32 Å². The number of ether oxygens (including phenoxy) is 1. The smallest absolute Gasteiger partial charge is 0.328 e. The molecule has 1 aliphatic heterocycles. The Morgan fingerprint density at radius 2 is 2.12 bits per heavy atom. The van der Waals surface area contributed by atoms with Crippen LogP contribution in [0.1, 0.15) is 38.5 Å². The molecule has 0 aromatic heterocycles. The first-order valence-electron chi connectivity index (χ1n) is 5.90. The highest BCUT2D eigenvalue weighted by Gasteiger charge is 2.27. The Labute approximate surface area is 95.7 Å². The van der Waals surface area contributed by atoms with Gasteiger partial charge in [-0.3, -0.25) is 4.79 Å². The molecule has 1 rings (SSSR count). The van der Waals surface area contributed by atoms with Crippen molar-refractivity contribution in [3.63, 3.8) is 0 Å². The SMILES string of the molecule is NCCCCCCC(=O)N[C@H]1CCOC1=O. The van der Waals surface area contributed by atoms with E-state index in [1.54, 1.807) is 0 Å². The van der Waals surface area contributed by atoms with Gasteiger partial charge in [-0.15, -0.1) is 0 Å². The van der Waals surface area contributed by atoms with Gasteiger partial charge in [0.15, 0.2) is 0 Å². The molecule has 1 heterocycles. The van der Waals surface area contributed by atoms with Crippen LogP contribution < -0.4 is 11.1 Å². The third-order valence-electron chi connectivity index (χ3n) is 2.63. The Morgan fingerprint density at radius 1 is 1.38 bits per heavy atom. The highest BCUT2D eigenvalue weighted by Crippen LogP contribution is 2.07. The van der Waals surface area contributed by atoms with E-state index in [9.17, 15) is 9.59 Å². The molecule has 5 nitrogen and oxygen atoms in total. The van der Waals surface area contributed by atoms with Crippen LogP contribution in [0.2, 0.25) is 0 Å². The van der Waals surface area contributed by atoms with Crippen LogP contribution in [0.5, 0.6) is 0 Å². The third kappa shape index (κ3) is 4.61. The second kappa shape index (κ2) is 7.22. The highest BCUT2D eigenvalue weighted by molar-refractivity contribution is 5.85. The van der Waals surface area contributed by atoms with Crippen LogP contribution in [0.15, 0.2) is 0 Å². The normalized spacial score (nSPS) is 19.6. The number of hydrogen-bond acceptors (Lipinski definition) is 4. The monoisotopic (exact) mass is 228 g/mol. The molecule has 1 fully saturated rings. The maximum absolute atomic E-state index is 11.4. The van der Waals surface area contributed by atoms with Gasteiger partial charge in [-0.25, -0.2) is 4.79 Å². The van der Waals surface area contributed by atoms with Crippen LogP contribution in [0.4, 0.5) is 0 Å². The zero-order valence-electron chi connectivity index (χ0n) is 9.54. The molecule has 0 aliphatic carbocycles. The van der Waals surface area contributed by atoms with Crippen molar-refractivity contribution >= 4 is 11.9 Å². The Balaban J connectivity index is 2.04. The van der Waals surface area contributed by atoms with Crippen molar-refractivity contribution in [1.29, 1.82) is 0 Å². The second-order valence-electron chi connectivity index (χ2n) is 4.03. The quantitative estimate of drug-likeness (QED) is 0.486. The summed E-state index contributed by atoms with van der Waals surface area (Å²) < 4.78 is 4.76. The molecular weight excluding hydrogens is 208 g/mol. The van der Waals surface area contributed by atoms with Crippen molar-refractivity contribution < 1.29 is 14.3 Å². The minimum absolute atomic E-state index is 0.0587. The summed E-state index contributed by atoms with van der Waals surface area (Å²) in [6.07, 6.45) is 5.02. The Morgan fingerprint density at radius 3 is 2.75 bits per heavy atom. The number of amides is 1. The van der Waals surface area contributed by atoms with Crippen LogP contribution in [0.3, 0.4) is 0 Å². The van der Waals surface area contributed by atoms with Gasteiger partial charge in [0.2, 0.25) is 5.91 Å². The predicted octanol–water partition coefficient (Wildman–Crippen LogP) is 0.327. The molecule has 5 heteroatoms. The van der Waals surface area contributed by atoms with Gasteiger partial charge in [0.1, 0.15) is 6.04 Å². The van der Waals surface area contributed by atoms with Gasteiger partial charge in [-0.1, -0.05) is 12.8 Å². The number of cyclic esters (lactones) is 1. The van der Waals surface area contributed by atoms with E-state index in [1.807, 2.05) is 0 Å². The second-order valence-corrected chi connectivity index (χ2v) is 4.03. The first kappa shape index (κ1) is 13.0. The maximum Gasteiger partial charge on any atom is 0.328 e. The average Bonchev–Trinajstić information content (AvgIpc) is 2.64. The van der Waals surface area contributed by atoms with Crippen molar-refractivity contribution in [2.24, 2.45) is 5.73 Å². The van der Waals surface area contributed by atoms with Crippen LogP contribution in [-0.2, 0) is 14.3 Å². The van der Waals surface area contributed by atoms with E-state index in [1.165, 1.54) is 0 Å². The maximum atomic E-state index is 11.4. The molecule has 0 aromatic rings. The first-order chi connectivity index (χ1) is 7.74. The lowest BCUT2D eigenvalue weighted by Gasteiger charge is -2.08. The van der Waals surface area contributed by atoms with Crippen LogP contribution >= 0.6 is 0 Å². The van der Waals surface area contributed by atoms with E-state index < -0.39 is 6.04 Å². The zero-order chi connectivity index (χ0) is 11.8. The van der Waals surface area contributed by atoms with Gasteiger partial charge >= 0.3 is 5.97 Å². The van der Waals surface area contributed by atoms with Gasteiger partial charge < -0.3 is 15.8 Å². The molecule has 3 N–H and O–H groups in total. The van der Waals surface area contributed by atoms with Crippen molar-refractivity contribution in [1.82, 2.24) is 5.32 Å². The van der Waals surface area contributed by atoms with Gasteiger partial charge in [-0.05, 0) is 19.4 Å². The van der Waals surface area contributed by atoms with E-state index in [-0.39, 0.29) is 11.9 Å². The summed E-state index contributed by atoms with van der Waals surface area (Å²) in [5.74, 6) is -0.368. The lowest BCUT2D eigenvalue weighted by atomic mass is 10.1. The summed E-state index contributed by atoms with van der Waals surface area (Å²) in [4.78, 5) is 22.5. The molecule has 1 amide bonds. The summed E-state index contributed by atoms with van der Waals surface area (Å²) in [5.41, 5.74) is 5.36. The third-order valence-corrected chi connectivity index (χ3v) is 2.63. The predicted molar refractivity (Wildman–Crippen MR) is 59.6 cm³/mol. The minimum Gasteiger partial charge on any atom is -0.464 e. The molecule has 1 atom stereocenters. The van der Waals surface area contributed by atoms with Gasteiger partial charge in [0, 0.05) is 12.8 Å². The fraction of sp³-hybridized carbons (Fsp3) is 0.818. The highest BCUT2D eigenvalue weighted by atomic mass is 16.5. The van der Waals surface area contributed by atoms with E-state index in [4.69, 9.17) is 10.5 Å². The van der Waals surface area contributed by atoms with E-state index >= 15 is 0 Å². The average molecular weight is 228 g/mol.